The molecule has 3 N–H and O–H groups in total. The van der Waals surface area contributed by atoms with Gasteiger partial charge in [0.05, 0.1) is 25.0 Å². The van der Waals surface area contributed by atoms with Gasteiger partial charge in [-0.15, -0.1) is 0 Å². The summed E-state index contributed by atoms with van der Waals surface area (Å²) in [5, 5.41) is 26.1. The summed E-state index contributed by atoms with van der Waals surface area (Å²) >= 11 is 0. The van der Waals surface area contributed by atoms with E-state index in [0.717, 1.165) is 0 Å². The highest BCUT2D eigenvalue weighted by Crippen LogP contribution is 2.38. The molecule has 3 rings (SSSR count). The van der Waals surface area contributed by atoms with E-state index in [1.54, 1.807) is 0 Å². The summed E-state index contributed by atoms with van der Waals surface area (Å²) in [6.07, 6.45) is 0.430. The third-order valence-corrected chi connectivity index (χ3v) is 4.30. The maximum absolute atomic E-state index is 12.0. The van der Waals surface area contributed by atoms with Crippen LogP contribution in [0.4, 0.5) is 0 Å². The molecule has 1 amide bonds. The average Bonchev–Trinajstić information content (AvgIpc) is 3.22. The summed E-state index contributed by atoms with van der Waals surface area (Å²) in [5.41, 5.74) is -0.551. The molecule has 0 saturated heterocycles. The van der Waals surface area contributed by atoms with Crippen molar-refractivity contribution in [1.29, 1.82) is 0 Å². The maximum Gasteiger partial charge on any atom is 0.289 e. The number of hydrogen-bond donors (Lipinski definition) is 3. The second-order valence-electron chi connectivity index (χ2n) is 6.20. The number of carbonyl (C=O) groups is 1. The SMILES string of the molecule is O=C(NCC1(COc2ccccc2)CC(O)C(O)C1)c1ccno1. The molecule has 7 heteroatoms. The van der Waals surface area contributed by atoms with Crippen LogP contribution in [0, 0.1) is 5.41 Å². The lowest BCUT2D eigenvalue weighted by Gasteiger charge is -2.29. The fraction of sp³-hybridized carbons (Fsp3) is 0.412. The van der Waals surface area contributed by atoms with E-state index < -0.39 is 17.6 Å². The van der Waals surface area contributed by atoms with Gasteiger partial charge < -0.3 is 24.8 Å². The molecule has 0 spiro atoms. The fourth-order valence-corrected chi connectivity index (χ4v) is 3.00. The van der Waals surface area contributed by atoms with Gasteiger partial charge >= 0.3 is 0 Å². The number of hydrogen-bond acceptors (Lipinski definition) is 6. The van der Waals surface area contributed by atoms with Gasteiger partial charge in [-0.25, -0.2) is 0 Å². The van der Waals surface area contributed by atoms with Gasteiger partial charge in [-0.2, -0.15) is 0 Å². The molecule has 1 fully saturated rings. The first-order valence-corrected chi connectivity index (χ1v) is 7.81. The predicted octanol–water partition coefficient (Wildman–Crippen LogP) is 0.985. The first-order valence-electron chi connectivity index (χ1n) is 7.81. The number of aliphatic hydroxyl groups is 2. The molecule has 1 aromatic heterocycles. The van der Waals surface area contributed by atoms with E-state index in [9.17, 15) is 15.0 Å². The molecule has 2 unspecified atom stereocenters. The number of aromatic nitrogens is 1. The largest absolute Gasteiger partial charge is 0.493 e. The van der Waals surface area contributed by atoms with Crippen molar-refractivity contribution < 1.29 is 24.3 Å². The van der Waals surface area contributed by atoms with Gasteiger partial charge in [-0.05, 0) is 25.0 Å². The highest BCUT2D eigenvalue weighted by molar-refractivity contribution is 5.91. The Morgan fingerprint density at radius 2 is 1.96 bits per heavy atom. The van der Waals surface area contributed by atoms with Crippen LogP contribution in [0.5, 0.6) is 5.75 Å². The number of nitrogens with one attached hydrogen (secondary N) is 1. The van der Waals surface area contributed by atoms with E-state index in [1.807, 2.05) is 30.3 Å². The van der Waals surface area contributed by atoms with Crippen LogP contribution in [0.3, 0.4) is 0 Å². The summed E-state index contributed by atoms with van der Waals surface area (Å²) in [4.78, 5) is 12.0. The van der Waals surface area contributed by atoms with Crippen molar-refractivity contribution in [1.82, 2.24) is 10.5 Å². The van der Waals surface area contributed by atoms with E-state index in [0.29, 0.717) is 18.6 Å². The zero-order chi connectivity index (χ0) is 17.0. The van der Waals surface area contributed by atoms with Crippen molar-refractivity contribution >= 4 is 5.91 Å². The average molecular weight is 332 g/mol. The first-order chi connectivity index (χ1) is 11.6. The van der Waals surface area contributed by atoms with Crippen LogP contribution < -0.4 is 10.1 Å². The van der Waals surface area contributed by atoms with Crippen LogP contribution in [0.15, 0.2) is 47.1 Å². The Hall–Kier alpha value is -2.38. The molecule has 0 radical (unpaired) electrons. The Morgan fingerprint density at radius 3 is 2.58 bits per heavy atom. The van der Waals surface area contributed by atoms with Gasteiger partial charge in [0, 0.05) is 18.0 Å². The number of rotatable bonds is 6. The van der Waals surface area contributed by atoms with Gasteiger partial charge in [-0.3, -0.25) is 4.79 Å². The molecule has 1 aliphatic carbocycles. The Balaban J connectivity index is 1.65. The number of ether oxygens (including phenoxy) is 1. The molecule has 0 aliphatic heterocycles. The molecule has 0 bridgehead atoms. The van der Waals surface area contributed by atoms with Gasteiger partial charge in [0.25, 0.3) is 5.91 Å². The van der Waals surface area contributed by atoms with E-state index in [2.05, 4.69) is 10.5 Å². The van der Waals surface area contributed by atoms with Crippen molar-refractivity contribution in [3.63, 3.8) is 0 Å². The van der Waals surface area contributed by atoms with Crippen LogP contribution in [-0.4, -0.2) is 46.6 Å². The lowest BCUT2D eigenvalue weighted by Crippen LogP contribution is -2.40. The monoisotopic (exact) mass is 332 g/mol. The molecule has 2 aromatic rings. The molecular weight excluding hydrogens is 312 g/mol. The van der Waals surface area contributed by atoms with E-state index in [1.165, 1.54) is 12.3 Å². The van der Waals surface area contributed by atoms with Crippen molar-refractivity contribution in [3.8, 4) is 5.75 Å². The van der Waals surface area contributed by atoms with E-state index >= 15 is 0 Å². The minimum absolute atomic E-state index is 0.119. The number of nitrogens with zero attached hydrogens (tertiary/aromatic N) is 1. The third kappa shape index (κ3) is 3.74. The molecule has 1 saturated carbocycles. The van der Waals surface area contributed by atoms with Crippen LogP contribution in [0.1, 0.15) is 23.4 Å². The van der Waals surface area contributed by atoms with Gasteiger partial charge in [0.15, 0.2) is 0 Å². The van der Waals surface area contributed by atoms with Gasteiger partial charge in [0.2, 0.25) is 5.76 Å². The highest BCUT2D eigenvalue weighted by atomic mass is 16.5. The zero-order valence-corrected chi connectivity index (χ0v) is 13.1. The molecule has 128 valence electrons. The van der Waals surface area contributed by atoms with Crippen molar-refractivity contribution in [3.05, 3.63) is 48.4 Å². The van der Waals surface area contributed by atoms with E-state index in [-0.39, 0.29) is 24.8 Å². The number of amides is 1. The van der Waals surface area contributed by atoms with Crippen LogP contribution in [-0.2, 0) is 0 Å². The maximum atomic E-state index is 12.0. The minimum atomic E-state index is -0.827. The van der Waals surface area contributed by atoms with Crippen LogP contribution in [0.25, 0.3) is 0 Å². The topological polar surface area (TPSA) is 105 Å². The molecule has 1 aromatic carbocycles. The second-order valence-corrected chi connectivity index (χ2v) is 6.20. The summed E-state index contributed by atoms with van der Waals surface area (Å²) in [6.45, 7) is 0.537. The lowest BCUT2D eigenvalue weighted by atomic mass is 9.86. The predicted molar refractivity (Wildman–Crippen MR) is 84.5 cm³/mol. The van der Waals surface area contributed by atoms with Crippen molar-refractivity contribution in [2.45, 2.75) is 25.0 Å². The number of benzene rings is 1. The number of carbonyl (C=O) groups excluding carboxylic acids is 1. The molecule has 2 atom stereocenters. The fourth-order valence-electron chi connectivity index (χ4n) is 3.00. The third-order valence-electron chi connectivity index (χ3n) is 4.30. The normalized spacial score (nSPS) is 26.2. The number of aliphatic hydroxyl groups excluding tert-OH is 2. The smallest absolute Gasteiger partial charge is 0.289 e. The standard InChI is InChI=1S/C17H20N2O5/c20-13-8-17(9-14(13)21,11-23-12-4-2-1-3-5-12)10-18-16(22)15-6-7-19-24-15/h1-7,13-14,20-21H,8-11H2,(H,18,22). The quantitative estimate of drug-likeness (QED) is 0.728. The molecular formula is C17H20N2O5. The Morgan fingerprint density at radius 1 is 1.25 bits per heavy atom. The summed E-state index contributed by atoms with van der Waals surface area (Å²) in [5.74, 6) is 0.435. The second kappa shape index (κ2) is 7.02. The summed E-state index contributed by atoms with van der Waals surface area (Å²) in [7, 11) is 0. The van der Waals surface area contributed by atoms with E-state index in [4.69, 9.17) is 9.26 Å². The summed E-state index contributed by atoms with van der Waals surface area (Å²) < 4.78 is 10.6. The molecule has 7 nitrogen and oxygen atoms in total. The number of para-hydroxylation sites is 1. The Bertz CT molecular complexity index is 649. The Kier molecular flexibility index (Phi) is 4.82. The van der Waals surface area contributed by atoms with Crippen LogP contribution in [0.2, 0.25) is 0 Å². The lowest BCUT2D eigenvalue weighted by molar-refractivity contribution is 0.0438. The molecule has 24 heavy (non-hydrogen) atoms. The molecule has 1 aliphatic rings. The van der Waals surface area contributed by atoms with Gasteiger partial charge in [0.1, 0.15) is 5.75 Å². The Labute approximate surface area is 139 Å². The minimum Gasteiger partial charge on any atom is -0.493 e. The van der Waals surface area contributed by atoms with Gasteiger partial charge in [-0.1, -0.05) is 23.4 Å². The first kappa shape index (κ1) is 16.5. The summed E-state index contributed by atoms with van der Waals surface area (Å²) in [6, 6.07) is 10.8. The zero-order valence-electron chi connectivity index (χ0n) is 13.1. The highest BCUT2D eigenvalue weighted by Gasteiger charge is 2.45. The van der Waals surface area contributed by atoms with Crippen molar-refractivity contribution in [2.24, 2.45) is 5.41 Å². The molecule has 1 heterocycles. The van der Waals surface area contributed by atoms with Crippen molar-refractivity contribution in [2.75, 3.05) is 13.2 Å². The van der Waals surface area contributed by atoms with Crippen LogP contribution >= 0.6 is 0 Å².